The number of ether oxygens (including phenoxy) is 1. The molecule has 2 heterocycles. The summed E-state index contributed by atoms with van der Waals surface area (Å²) in [6.07, 6.45) is 1.78. The van der Waals surface area contributed by atoms with E-state index in [0.717, 1.165) is 39.0 Å². The number of nitrogens with zero attached hydrogens (tertiary/aromatic N) is 3. The normalized spacial score (nSPS) is 11.2. The highest BCUT2D eigenvalue weighted by Crippen LogP contribution is 2.30. The molecule has 2 aromatic heterocycles. The minimum atomic E-state index is 0.845. The molecule has 0 saturated heterocycles. The number of hydrogen-bond acceptors (Lipinski definition) is 3. The Bertz CT molecular complexity index is 971. The Hall–Kier alpha value is -2.88. The van der Waals surface area contributed by atoms with Crippen molar-refractivity contribution < 1.29 is 4.74 Å². The minimum Gasteiger partial charge on any atom is -0.497 e. The molecule has 0 bridgehead atoms. The lowest BCUT2D eigenvalue weighted by Crippen LogP contribution is -1.90. The van der Waals surface area contributed by atoms with Gasteiger partial charge in [-0.25, -0.2) is 9.50 Å². The fourth-order valence-corrected chi connectivity index (χ4v) is 2.85. The first-order valence-corrected chi connectivity index (χ1v) is 7.15. The molecule has 0 saturated carbocycles. The second-order valence-electron chi connectivity index (χ2n) is 5.26. The van der Waals surface area contributed by atoms with Crippen LogP contribution in [0.25, 0.3) is 27.7 Å². The van der Waals surface area contributed by atoms with Crippen LogP contribution in [0.2, 0.25) is 0 Å². The van der Waals surface area contributed by atoms with Crippen LogP contribution in [0.5, 0.6) is 5.75 Å². The molecule has 0 spiro atoms. The summed E-state index contributed by atoms with van der Waals surface area (Å²) < 4.78 is 7.07. The van der Waals surface area contributed by atoms with Crippen molar-refractivity contribution in [3.63, 3.8) is 0 Å². The fraction of sp³-hybridized carbons (Fsp3) is 0.111. The van der Waals surface area contributed by atoms with Gasteiger partial charge in [-0.3, -0.25) is 0 Å². The van der Waals surface area contributed by atoms with Crippen molar-refractivity contribution in [3.05, 3.63) is 60.4 Å². The first-order valence-electron chi connectivity index (χ1n) is 7.15. The molecular formula is C18H15N3O. The van der Waals surface area contributed by atoms with Gasteiger partial charge in [-0.15, -0.1) is 0 Å². The summed E-state index contributed by atoms with van der Waals surface area (Å²) in [6.45, 7) is 2.11. The average molecular weight is 289 g/mol. The molecule has 4 nitrogen and oxygen atoms in total. The number of aryl methyl sites for hydroxylation is 1. The summed E-state index contributed by atoms with van der Waals surface area (Å²) in [7, 11) is 1.67. The van der Waals surface area contributed by atoms with Crippen molar-refractivity contribution in [2.24, 2.45) is 0 Å². The minimum absolute atomic E-state index is 0.845. The lowest BCUT2D eigenvalue weighted by atomic mass is 10.1. The zero-order chi connectivity index (χ0) is 15.1. The van der Waals surface area contributed by atoms with Crippen LogP contribution in [-0.2, 0) is 0 Å². The monoisotopic (exact) mass is 289 g/mol. The molecule has 4 heteroatoms. The summed E-state index contributed by atoms with van der Waals surface area (Å²) in [5.74, 6) is 0.845. The summed E-state index contributed by atoms with van der Waals surface area (Å²) in [4.78, 5) is 4.47. The predicted octanol–water partition coefficient (Wildman–Crippen LogP) is 3.87. The Morgan fingerprint density at radius 3 is 2.55 bits per heavy atom. The zero-order valence-electron chi connectivity index (χ0n) is 12.4. The Kier molecular flexibility index (Phi) is 2.82. The van der Waals surface area contributed by atoms with Crippen LogP contribution in [0.4, 0.5) is 0 Å². The van der Waals surface area contributed by atoms with Gasteiger partial charge >= 0.3 is 0 Å². The largest absolute Gasteiger partial charge is 0.497 e. The first-order chi connectivity index (χ1) is 10.8. The number of methoxy groups -OCH3 is 1. The number of para-hydroxylation sites is 1. The third kappa shape index (κ3) is 1.84. The van der Waals surface area contributed by atoms with Gasteiger partial charge in [0.05, 0.1) is 23.8 Å². The third-order valence-corrected chi connectivity index (χ3v) is 3.98. The van der Waals surface area contributed by atoms with Gasteiger partial charge in [0.2, 0.25) is 0 Å². The van der Waals surface area contributed by atoms with E-state index in [4.69, 9.17) is 9.84 Å². The molecule has 0 aliphatic rings. The quantitative estimate of drug-likeness (QED) is 0.562. The second kappa shape index (κ2) is 4.84. The topological polar surface area (TPSA) is 39.4 Å². The van der Waals surface area contributed by atoms with Crippen LogP contribution in [0.1, 0.15) is 5.56 Å². The Morgan fingerprint density at radius 1 is 1.00 bits per heavy atom. The third-order valence-electron chi connectivity index (χ3n) is 3.98. The highest BCUT2D eigenvalue weighted by Gasteiger charge is 2.13. The van der Waals surface area contributed by atoms with Gasteiger partial charge in [-0.2, -0.15) is 5.10 Å². The molecule has 0 unspecified atom stereocenters. The molecule has 0 aliphatic heterocycles. The lowest BCUT2D eigenvalue weighted by Gasteiger charge is -2.02. The maximum atomic E-state index is 5.22. The molecule has 0 aliphatic carbocycles. The fourth-order valence-electron chi connectivity index (χ4n) is 2.85. The van der Waals surface area contributed by atoms with Gasteiger partial charge in [-0.1, -0.05) is 18.2 Å². The molecule has 2 aromatic carbocycles. The van der Waals surface area contributed by atoms with E-state index in [1.165, 1.54) is 0 Å². The Balaban J connectivity index is 1.98. The number of benzene rings is 2. The van der Waals surface area contributed by atoms with Crippen LogP contribution >= 0.6 is 0 Å². The maximum absolute atomic E-state index is 5.22. The van der Waals surface area contributed by atoms with Crippen LogP contribution < -0.4 is 4.74 Å². The van der Waals surface area contributed by atoms with Gasteiger partial charge in [0.15, 0.2) is 0 Å². The Labute approximate surface area is 128 Å². The molecule has 4 rings (SSSR count). The van der Waals surface area contributed by atoms with Crippen molar-refractivity contribution in [2.45, 2.75) is 6.92 Å². The zero-order valence-corrected chi connectivity index (χ0v) is 12.4. The SMILES string of the molecule is COc1ccc(-c2nn3cnc4ccccc4c3c2C)cc1. The molecule has 0 fully saturated rings. The van der Waals surface area contributed by atoms with Gasteiger partial charge in [-0.05, 0) is 37.3 Å². The molecule has 0 N–H and O–H groups in total. The summed E-state index contributed by atoms with van der Waals surface area (Å²) >= 11 is 0. The molecule has 0 atom stereocenters. The molecule has 4 aromatic rings. The molecular weight excluding hydrogens is 274 g/mol. The van der Waals surface area contributed by atoms with E-state index in [0.29, 0.717) is 0 Å². The van der Waals surface area contributed by atoms with E-state index in [9.17, 15) is 0 Å². The lowest BCUT2D eigenvalue weighted by molar-refractivity contribution is 0.415. The van der Waals surface area contributed by atoms with Crippen molar-refractivity contribution in [2.75, 3.05) is 7.11 Å². The second-order valence-corrected chi connectivity index (χ2v) is 5.26. The van der Waals surface area contributed by atoms with Crippen molar-refractivity contribution >= 4 is 16.4 Å². The van der Waals surface area contributed by atoms with Crippen LogP contribution in [0.15, 0.2) is 54.9 Å². The van der Waals surface area contributed by atoms with E-state index >= 15 is 0 Å². The number of rotatable bonds is 2. The van der Waals surface area contributed by atoms with Gasteiger partial charge < -0.3 is 4.74 Å². The standard InChI is InChI=1S/C18H15N3O/c1-12-17(13-7-9-14(22-2)10-8-13)20-21-11-19-16-6-4-3-5-15(16)18(12)21/h3-11H,1-2H3. The number of aromatic nitrogens is 3. The van der Waals surface area contributed by atoms with Crippen LogP contribution in [-0.4, -0.2) is 21.7 Å². The molecule has 108 valence electrons. The van der Waals surface area contributed by atoms with Gasteiger partial charge in [0.25, 0.3) is 0 Å². The van der Waals surface area contributed by atoms with Crippen molar-refractivity contribution in [1.82, 2.24) is 14.6 Å². The van der Waals surface area contributed by atoms with E-state index in [1.54, 1.807) is 13.4 Å². The van der Waals surface area contributed by atoms with Gasteiger partial charge in [0, 0.05) is 16.5 Å². The summed E-state index contributed by atoms with van der Waals surface area (Å²) in [5.41, 5.74) is 5.30. The van der Waals surface area contributed by atoms with Crippen molar-refractivity contribution in [1.29, 1.82) is 0 Å². The highest BCUT2D eigenvalue weighted by molar-refractivity contribution is 5.96. The van der Waals surface area contributed by atoms with E-state index in [-0.39, 0.29) is 0 Å². The van der Waals surface area contributed by atoms with E-state index < -0.39 is 0 Å². The molecule has 22 heavy (non-hydrogen) atoms. The van der Waals surface area contributed by atoms with E-state index in [2.05, 4.69) is 18.0 Å². The number of fused-ring (bicyclic) bond motifs is 3. The number of hydrogen-bond donors (Lipinski definition) is 0. The molecule has 0 amide bonds. The molecule has 0 radical (unpaired) electrons. The highest BCUT2D eigenvalue weighted by atomic mass is 16.5. The van der Waals surface area contributed by atoms with Crippen LogP contribution in [0, 0.1) is 6.92 Å². The average Bonchev–Trinajstić information content (AvgIpc) is 2.92. The predicted molar refractivity (Wildman–Crippen MR) is 87.2 cm³/mol. The Morgan fingerprint density at radius 2 is 1.77 bits per heavy atom. The van der Waals surface area contributed by atoms with Crippen LogP contribution in [0.3, 0.4) is 0 Å². The van der Waals surface area contributed by atoms with Gasteiger partial charge in [0.1, 0.15) is 12.1 Å². The first kappa shape index (κ1) is 12.8. The summed E-state index contributed by atoms with van der Waals surface area (Å²) in [6, 6.07) is 16.1. The summed E-state index contributed by atoms with van der Waals surface area (Å²) in [5, 5.41) is 5.82. The smallest absolute Gasteiger partial charge is 0.118 e. The maximum Gasteiger partial charge on any atom is 0.118 e. The van der Waals surface area contributed by atoms with Crippen molar-refractivity contribution in [3.8, 4) is 17.0 Å². The van der Waals surface area contributed by atoms with E-state index in [1.807, 2.05) is 47.0 Å².